The SMILES string of the molecule is Cn1nnc(Br)c1S(=O)(=O)Nc1ccc(S(=O)(=O)Cl)cc1. The molecule has 8 nitrogen and oxygen atoms in total. The molecule has 0 fully saturated rings. The van der Waals surface area contributed by atoms with Crippen LogP contribution in [0.3, 0.4) is 0 Å². The van der Waals surface area contributed by atoms with Crippen molar-refractivity contribution >= 4 is 51.4 Å². The van der Waals surface area contributed by atoms with E-state index in [1.54, 1.807) is 0 Å². The van der Waals surface area contributed by atoms with Gasteiger partial charge in [-0.15, -0.1) is 5.10 Å². The van der Waals surface area contributed by atoms with E-state index in [0.717, 1.165) is 4.68 Å². The van der Waals surface area contributed by atoms with Crippen LogP contribution in [0.15, 0.2) is 38.8 Å². The van der Waals surface area contributed by atoms with Gasteiger partial charge in [0.25, 0.3) is 19.1 Å². The summed E-state index contributed by atoms with van der Waals surface area (Å²) in [5.74, 6) is 0. The van der Waals surface area contributed by atoms with E-state index in [4.69, 9.17) is 10.7 Å². The summed E-state index contributed by atoms with van der Waals surface area (Å²) in [5, 5.41) is 7.00. The third-order valence-electron chi connectivity index (χ3n) is 2.38. The molecule has 114 valence electrons. The summed E-state index contributed by atoms with van der Waals surface area (Å²) in [7, 11) is -1.18. The molecule has 1 heterocycles. The molecule has 2 rings (SSSR count). The fourth-order valence-electron chi connectivity index (χ4n) is 1.50. The molecular weight excluding hydrogens is 408 g/mol. The van der Waals surface area contributed by atoms with Crippen molar-refractivity contribution in [2.24, 2.45) is 7.05 Å². The maximum atomic E-state index is 12.2. The van der Waals surface area contributed by atoms with Crippen molar-refractivity contribution in [3.63, 3.8) is 0 Å². The molecule has 0 aliphatic heterocycles. The molecule has 0 aliphatic carbocycles. The summed E-state index contributed by atoms with van der Waals surface area (Å²) in [6, 6.07) is 4.95. The minimum Gasteiger partial charge on any atom is -0.278 e. The van der Waals surface area contributed by atoms with E-state index < -0.39 is 19.1 Å². The zero-order valence-corrected chi connectivity index (χ0v) is 14.3. The highest BCUT2D eigenvalue weighted by Gasteiger charge is 2.24. The zero-order chi connectivity index (χ0) is 15.8. The number of anilines is 1. The van der Waals surface area contributed by atoms with E-state index in [9.17, 15) is 16.8 Å². The molecule has 0 saturated carbocycles. The van der Waals surface area contributed by atoms with Gasteiger partial charge in [0.15, 0.2) is 4.60 Å². The number of aromatic nitrogens is 3. The number of sulfonamides is 1. The van der Waals surface area contributed by atoms with Crippen molar-refractivity contribution in [1.29, 1.82) is 0 Å². The maximum absolute atomic E-state index is 12.2. The molecule has 12 heteroatoms. The largest absolute Gasteiger partial charge is 0.281 e. The lowest BCUT2D eigenvalue weighted by Crippen LogP contribution is -2.17. The summed E-state index contributed by atoms with van der Waals surface area (Å²) in [4.78, 5) is -0.129. The number of hydrogen-bond acceptors (Lipinski definition) is 6. The molecule has 0 radical (unpaired) electrons. The Hall–Kier alpha value is -1.17. The monoisotopic (exact) mass is 414 g/mol. The normalized spacial score (nSPS) is 12.3. The van der Waals surface area contributed by atoms with Gasteiger partial charge in [-0.05, 0) is 40.2 Å². The van der Waals surface area contributed by atoms with E-state index >= 15 is 0 Å². The van der Waals surface area contributed by atoms with Crippen LogP contribution in [0.4, 0.5) is 5.69 Å². The van der Waals surface area contributed by atoms with E-state index in [-0.39, 0.29) is 20.2 Å². The number of rotatable bonds is 4. The Balaban J connectivity index is 2.34. The lowest BCUT2D eigenvalue weighted by atomic mass is 10.3. The van der Waals surface area contributed by atoms with E-state index in [1.807, 2.05) is 0 Å². The summed E-state index contributed by atoms with van der Waals surface area (Å²) in [6.07, 6.45) is 0. The molecule has 21 heavy (non-hydrogen) atoms. The van der Waals surface area contributed by atoms with Crippen LogP contribution in [-0.2, 0) is 26.1 Å². The lowest BCUT2D eigenvalue weighted by Gasteiger charge is -2.08. The number of aryl methyl sites for hydroxylation is 1. The first kappa shape index (κ1) is 16.2. The van der Waals surface area contributed by atoms with Gasteiger partial charge in [0.2, 0.25) is 5.03 Å². The first-order valence-electron chi connectivity index (χ1n) is 5.24. The Morgan fingerprint density at radius 3 is 2.19 bits per heavy atom. The summed E-state index contributed by atoms with van der Waals surface area (Å²) < 4.78 is 50.1. The van der Waals surface area contributed by atoms with E-state index in [2.05, 4.69) is 31.0 Å². The molecule has 0 bridgehead atoms. The maximum Gasteiger partial charge on any atom is 0.281 e. The standard InChI is InChI=1S/C9H8BrClN4O4S2/c1-15-9(8(10)12-14-15)21(18,19)13-6-2-4-7(5-3-6)20(11,16)17/h2-5,13H,1H3. The third-order valence-corrected chi connectivity index (χ3v) is 6.02. The molecule has 2 aromatic rings. The first-order chi connectivity index (χ1) is 9.61. The van der Waals surface area contributed by atoms with Crippen LogP contribution < -0.4 is 4.72 Å². The van der Waals surface area contributed by atoms with Crippen LogP contribution in [0.25, 0.3) is 0 Å². The summed E-state index contributed by atoms with van der Waals surface area (Å²) in [6.45, 7) is 0. The van der Waals surface area contributed by atoms with Crippen molar-refractivity contribution in [2.45, 2.75) is 9.92 Å². The molecule has 1 N–H and O–H groups in total. The average Bonchev–Trinajstić information content (AvgIpc) is 2.68. The van der Waals surface area contributed by atoms with Gasteiger partial charge in [-0.2, -0.15) is 8.42 Å². The van der Waals surface area contributed by atoms with E-state index in [0.29, 0.717) is 0 Å². The molecule has 0 amide bonds. The van der Waals surface area contributed by atoms with Gasteiger partial charge >= 0.3 is 0 Å². The number of halogens is 2. The van der Waals surface area contributed by atoms with Crippen molar-refractivity contribution in [1.82, 2.24) is 15.0 Å². The lowest BCUT2D eigenvalue weighted by molar-refractivity contribution is 0.578. The van der Waals surface area contributed by atoms with Crippen LogP contribution in [0.5, 0.6) is 0 Å². The van der Waals surface area contributed by atoms with Crippen molar-refractivity contribution < 1.29 is 16.8 Å². The summed E-state index contributed by atoms with van der Waals surface area (Å²) in [5.41, 5.74) is 0.173. The average molecular weight is 416 g/mol. The van der Waals surface area contributed by atoms with Gasteiger partial charge in [0.1, 0.15) is 0 Å². The fraction of sp³-hybridized carbons (Fsp3) is 0.111. The Morgan fingerprint density at radius 1 is 1.19 bits per heavy atom. The predicted molar refractivity (Wildman–Crippen MR) is 79.0 cm³/mol. The third kappa shape index (κ3) is 3.54. The Morgan fingerprint density at radius 2 is 1.76 bits per heavy atom. The topological polar surface area (TPSA) is 111 Å². The number of nitrogens with zero attached hydrogens (tertiary/aromatic N) is 3. The number of hydrogen-bond donors (Lipinski definition) is 1. The van der Waals surface area contributed by atoms with Crippen LogP contribution in [-0.4, -0.2) is 31.8 Å². The van der Waals surface area contributed by atoms with Crippen molar-refractivity contribution in [2.75, 3.05) is 4.72 Å². The van der Waals surface area contributed by atoms with Gasteiger partial charge in [0, 0.05) is 23.4 Å². The number of nitrogens with one attached hydrogen (secondary N) is 1. The molecule has 0 aliphatic rings. The fourth-order valence-corrected chi connectivity index (χ4v) is 4.42. The van der Waals surface area contributed by atoms with Crippen molar-refractivity contribution in [3.8, 4) is 0 Å². The second kappa shape index (κ2) is 5.55. The van der Waals surface area contributed by atoms with Gasteiger partial charge in [-0.25, -0.2) is 13.1 Å². The summed E-state index contributed by atoms with van der Waals surface area (Å²) >= 11 is 2.99. The predicted octanol–water partition coefficient (Wildman–Crippen LogP) is 1.31. The highest BCUT2D eigenvalue weighted by atomic mass is 79.9. The number of benzene rings is 1. The molecular formula is C9H8BrClN4O4S2. The minimum absolute atomic E-state index is 0.0671. The van der Waals surface area contributed by atoms with Crippen LogP contribution in [0.1, 0.15) is 0 Å². The van der Waals surface area contributed by atoms with Gasteiger partial charge in [0.05, 0.1) is 4.90 Å². The highest BCUT2D eigenvalue weighted by molar-refractivity contribution is 9.10. The Labute approximate surface area is 133 Å². The van der Waals surface area contributed by atoms with Crippen LogP contribution >= 0.6 is 26.6 Å². The smallest absolute Gasteiger partial charge is 0.278 e. The molecule has 0 saturated heterocycles. The Kier molecular flexibility index (Phi) is 4.29. The molecule has 1 aromatic heterocycles. The molecule has 1 aromatic carbocycles. The quantitative estimate of drug-likeness (QED) is 0.754. The van der Waals surface area contributed by atoms with E-state index in [1.165, 1.54) is 31.3 Å². The first-order valence-corrected chi connectivity index (χ1v) is 9.82. The molecule has 0 atom stereocenters. The van der Waals surface area contributed by atoms with Gasteiger partial charge in [-0.1, -0.05) is 5.21 Å². The van der Waals surface area contributed by atoms with Gasteiger partial charge in [-0.3, -0.25) is 4.72 Å². The molecule has 0 unspecified atom stereocenters. The molecule has 0 spiro atoms. The Bertz CT molecular complexity index is 857. The van der Waals surface area contributed by atoms with Crippen LogP contribution in [0.2, 0.25) is 0 Å². The zero-order valence-electron chi connectivity index (χ0n) is 10.4. The van der Waals surface area contributed by atoms with Crippen molar-refractivity contribution in [3.05, 3.63) is 28.9 Å². The second-order valence-corrected chi connectivity index (χ2v) is 8.79. The highest BCUT2D eigenvalue weighted by Crippen LogP contribution is 2.23. The van der Waals surface area contributed by atoms with Crippen LogP contribution in [0, 0.1) is 0 Å². The second-order valence-electron chi connectivity index (χ2n) is 3.88. The van der Waals surface area contributed by atoms with Gasteiger partial charge < -0.3 is 0 Å². The minimum atomic E-state index is -3.92.